The maximum absolute atomic E-state index is 14.1. The number of rotatable bonds is 2. The summed E-state index contributed by atoms with van der Waals surface area (Å²) < 4.78 is 21.1. The molecule has 5 nitrogen and oxygen atoms in total. The highest BCUT2D eigenvalue weighted by Gasteiger charge is 2.29. The summed E-state index contributed by atoms with van der Waals surface area (Å²) in [6.45, 7) is 6.91. The average Bonchev–Trinajstić information content (AvgIpc) is 2.97. The van der Waals surface area contributed by atoms with Gasteiger partial charge in [0.1, 0.15) is 11.1 Å². The normalized spacial score (nSPS) is 16.2. The van der Waals surface area contributed by atoms with Crippen LogP contribution in [0.3, 0.4) is 0 Å². The number of carbonyl (C=O) groups is 1. The third-order valence-corrected chi connectivity index (χ3v) is 5.92. The monoisotopic (exact) mass is 443 g/mol. The third kappa shape index (κ3) is 4.28. The average molecular weight is 444 g/mol. The van der Waals surface area contributed by atoms with Crippen molar-refractivity contribution in [2.45, 2.75) is 45.3 Å². The molecule has 1 saturated heterocycles. The molecular weight excluding hydrogens is 421 g/mol. The fourth-order valence-electron chi connectivity index (χ4n) is 3.01. The molecule has 3 rings (SSSR count). The number of halogens is 2. The van der Waals surface area contributed by atoms with Crippen LogP contribution in [-0.4, -0.2) is 47.8 Å². The van der Waals surface area contributed by atoms with Gasteiger partial charge in [-0.05, 0) is 45.7 Å². The van der Waals surface area contributed by atoms with E-state index in [2.05, 4.69) is 25.8 Å². The number of thiazole rings is 1. The molecule has 1 aromatic heterocycles. The molecular formula is C18H23BrFN3O2S. The van der Waals surface area contributed by atoms with Crippen molar-refractivity contribution in [3.63, 3.8) is 0 Å². The number of benzene rings is 1. The van der Waals surface area contributed by atoms with Crippen LogP contribution in [0, 0.1) is 5.82 Å². The van der Waals surface area contributed by atoms with Crippen LogP contribution in [0.2, 0.25) is 0 Å². The van der Waals surface area contributed by atoms with Crippen molar-refractivity contribution >= 4 is 48.7 Å². The Kier molecular flexibility index (Phi) is 5.44. The zero-order valence-corrected chi connectivity index (χ0v) is 17.8. The molecule has 26 heavy (non-hydrogen) atoms. The first kappa shape index (κ1) is 19.4. The van der Waals surface area contributed by atoms with E-state index in [1.165, 1.54) is 17.4 Å². The van der Waals surface area contributed by atoms with Crippen LogP contribution in [0.4, 0.5) is 14.3 Å². The van der Waals surface area contributed by atoms with Crippen LogP contribution in [0.15, 0.2) is 16.6 Å². The number of ether oxygens (including phenoxy) is 1. The number of carbonyl (C=O) groups excluding carboxylic acids is 1. The van der Waals surface area contributed by atoms with E-state index < -0.39 is 5.60 Å². The van der Waals surface area contributed by atoms with Crippen molar-refractivity contribution in [1.82, 2.24) is 9.88 Å². The summed E-state index contributed by atoms with van der Waals surface area (Å²) in [5.74, 6) is -0.315. The summed E-state index contributed by atoms with van der Waals surface area (Å²) in [6, 6.07) is 3.59. The van der Waals surface area contributed by atoms with Gasteiger partial charge in [0.25, 0.3) is 0 Å². The summed E-state index contributed by atoms with van der Waals surface area (Å²) in [5, 5.41) is 0.799. The number of hydrogen-bond acceptors (Lipinski definition) is 5. The van der Waals surface area contributed by atoms with Crippen molar-refractivity contribution in [3.05, 3.63) is 22.4 Å². The van der Waals surface area contributed by atoms with E-state index in [-0.39, 0.29) is 18.0 Å². The van der Waals surface area contributed by atoms with E-state index in [4.69, 9.17) is 4.74 Å². The van der Waals surface area contributed by atoms with Gasteiger partial charge in [-0.2, -0.15) is 0 Å². The standard InChI is InChI=1S/C18H23BrFN3O2S/c1-18(2,3)25-17(24)23-7-5-12(6-8-23)22(4)16-21-15-13(20)9-11(19)10-14(15)26-16/h9-10,12H,5-8H2,1-4H3. The van der Waals surface area contributed by atoms with Crippen LogP contribution in [0.5, 0.6) is 0 Å². The van der Waals surface area contributed by atoms with Crippen molar-refractivity contribution in [2.24, 2.45) is 0 Å². The van der Waals surface area contributed by atoms with Gasteiger partial charge in [-0.15, -0.1) is 0 Å². The number of likely N-dealkylation sites (tertiary alicyclic amines) is 1. The molecule has 1 aromatic carbocycles. The van der Waals surface area contributed by atoms with Crippen molar-refractivity contribution in [2.75, 3.05) is 25.0 Å². The Morgan fingerprint density at radius 3 is 2.65 bits per heavy atom. The van der Waals surface area contributed by atoms with Crippen LogP contribution in [0.25, 0.3) is 10.2 Å². The van der Waals surface area contributed by atoms with E-state index in [1.54, 1.807) is 4.90 Å². The molecule has 0 spiro atoms. The summed E-state index contributed by atoms with van der Waals surface area (Å²) >= 11 is 4.80. The van der Waals surface area contributed by atoms with Crippen LogP contribution in [-0.2, 0) is 4.74 Å². The largest absolute Gasteiger partial charge is 0.444 e. The van der Waals surface area contributed by atoms with E-state index in [0.29, 0.717) is 23.1 Å². The molecule has 0 bridgehead atoms. The van der Waals surface area contributed by atoms with Crippen molar-refractivity contribution in [1.29, 1.82) is 0 Å². The molecule has 1 amide bonds. The molecule has 0 radical (unpaired) electrons. The molecule has 0 saturated carbocycles. The molecule has 1 aliphatic rings. The van der Waals surface area contributed by atoms with Gasteiger partial charge in [0.05, 0.1) is 4.70 Å². The van der Waals surface area contributed by atoms with Gasteiger partial charge >= 0.3 is 6.09 Å². The molecule has 0 N–H and O–H groups in total. The second-order valence-electron chi connectivity index (χ2n) is 7.54. The summed E-state index contributed by atoms with van der Waals surface area (Å²) in [7, 11) is 1.98. The number of piperidine rings is 1. The van der Waals surface area contributed by atoms with Gasteiger partial charge in [0, 0.05) is 30.7 Å². The topological polar surface area (TPSA) is 45.7 Å². The second kappa shape index (κ2) is 7.31. The maximum Gasteiger partial charge on any atom is 0.410 e. The molecule has 1 aliphatic heterocycles. The predicted octanol–water partition coefficient (Wildman–Crippen LogP) is 5.03. The highest BCUT2D eigenvalue weighted by Crippen LogP contribution is 2.34. The minimum Gasteiger partial charge on any atom is -0.444 e. The molecule has 8 heteroatoms. The number of hydrogen-bond donors (Lipinski definition) is 0. The van der Waals surface area contributed by atoms with E-state index >= 15 is 0 Å². The Morgan fingerprint density at radius 1 is 1.38 bits per heavy atom. The predicted molar refractivity (Wildman–Crippen MR) is 107 cm³/mol. The van der Waals surface area contributed by atoms with Gasteiger partial charge in [0.2, 0.25) is 0 Å². The van der Waals surface area contributed by atoms with Crippen molar-refractivity contribution in [3.8, 4) is 0 Å². The first-order valence-corrected chi connectivity index (χ1v) is 10.2. The van der Waals surface area contributed by atoms with Crippen LogP contribution >= 0.6 is 27.3 Å². The molecule has 0 unspecified atom stereocenters. The zero-order chi connectivity index (χ0) is 19.1. The molecule has 2 aromatic rings. The summed E-state index contributed by atoms with van der Waals surface area (Å²) in [5.41, 5.74) is -0.0735. The molecule has 0 atom stereocenters. The Labute approximate surface area is 165 Å². The minimum atomic E-state index is -0.482. The van der Waals surface area contributed by atoms with Gasteiger partial charge in [-0.25, -0.2) is 14.2 Å². The fourth-order valence-corrected chi connectivity index (χ4v) is 4.65. The van der Waals surface area contributed by atoms with Crippen LogP contribution < -0.4 is 4.90 Å². The lowest BCUT2D eigenvalue weighted by atomic mass is 10.0. The van der Waals surface area contributed by atoms with E-state index in [1.807, 2.05) is 33.9 Å². The number of aromatic nitrogens is 1. The van der Waals surface area contributed by atoms with Gasteiger partial charge in [-0.3, -0.25) is 0 Å². The quantitative estimate of drug-likeness (QED) is 0.652. The fraction of sp³-hybridized carbons (Fsp3) is 0.556. The Balaban J connectivity index is 1.66. The SMILES string of the molecule is CN(c1nc2c(F)cc(Br)cc2s1)C1CCN(C(=O)OC(C)(C)C)CC1. The lowest BCUT2D eigenvalue weighted by molar-refractivity contribution is 0.0205. The maximum atomic E-state index is 14.1. The number of nitrogens with zero attached hydrogens (tertiary/aromatic N) is 3. The first-order chi connectivity index (χ1) is 12.1. The van der Waals surface area contributed by atoms with Crippen molar-refractivity contribution < 1.29 is 13.9 Å². The zero-order valence-electron chi connectivity index (χ0n) is 15.4. The first-order valence-electron chi connectivity index (χ1n) is 8.60. The molecule has 2 heterocycles. The Bertz CT molecular complexity index is 813. The lowest BCUT2D eigenvalue weighted by Crippen LogP contribution is -2.47. The summed E-state index contributed by atoms with van der Waals surface area (Å²) in [6.07, 6.45) is 1.40. The number of fused-ring (bicyclic) bond motifs is 1. The van der Waals surface area contributed by atoms with Gasteiger partial charge in [-0.1, -0.05) is 27.3 Å². The molecule has 142 valence electrons. The number of amides is 1. The number of anilines is 1. The Hall–Kier alpha value is -1.41. The van der Waals surface area contributed by atoms with Gasteiger partial charge in [0.15, 0.2) is 10.9 Å². The smallest absolute Gasteiger partial charge is 0.410 e. The van der Waals surface area contributed by atoms with E-state index in [9.17, 15) is 9.18 Å². The Morgan fingerprint density at radius 2 is 2.04 bits per heavy atom. The van der Waals surface area contributed by atoms with Crippen LogP contribution in [0.1, 0.15) is 33.6 Å². The summed E-state index contributed by atoms with van der Waals surface area (Å²) in [4.78, 5) is 20.5. The van der Waals surface area contributed by atoms with Gasteiger partial charge < -0.3 is 14.5 Å². The molecule has 1 fully saturated rings. The minimum absolute atomic E-state index is 0.259. The van der Waals surface area contributed by atoms with E-state index in [0.717, 1.165) is 22.7 Å². The highest BCUT2D eigenvalue weighted by molar-refractivity contribution is 9.10. The third-order valence-electron chi connectivity index (χ3n) is 4.37. The second-order valence-corrected chi connectivity index (χ2v) is 9.47. The lowest BCUT2D eigenvalue weighted by Gasteiger charge is -2.37. The molecule has 0 aliphatic carbocycles. The highest BCUT2D eigenvalue weighted by atomic mass is 79.9.